The lowest BCUT2D eigenvalue weighted by Crippen LogP contribution is -2.27. The SMILES string of the molecule is Cc1ccc(CNC(=O)c2nc(C(=O)NCc3ccco3)c3n2CCCC3)cc1. The van der Waals surface area contributed by atoms with Gasteiger partial charge in [-0.25, -0.2) is 4.98 Å². The van der Waals surface area contributed by atoms with Crippen molar-refractivity contribution in [2.24, 2.45) is 0 Å². The second kappa shape index (κ2) is 8.34. The second-order valence-corrected chi connectivity index (χ2v) is 7.27. The molecule has 2 aromatic heterocycles. The molecule has 0 bridgehead atoms. The minimum atomic E-state index is -0.287. The minimum absolute atomic E-state index is 0.265. The molecular formula is C22H24N4O3. The van der Waals surface area contributed by atoms with Crippen LogP contribution in [-0.4, -0.2) is 21.4 Å². The number of rotatable bonds is 6. The van der Waals surface area contributed by atoms with Gasteiger partial charge in [-0.2, -0.15) is 0 Å². The van der Waals surface area contributed by atoms with Gasteiger partial charge in [0.15, 0.2) is 5.82 Å². The Morgan fingerprint density at radius 3 is 2.62 bits per heavy atom. The van der Waals surface area contributed by atoms with Crippen molar-refractivity contribution in [1.29, 1.82) is 0 Å². The zero-order valence-electron chi connectivity index (χ0n) is 16.4. The molecule has 1 aliphatic rings. The largest absolute Gasteiger partial charge is 0.467 e. The summed E-state index contributed by atoms with van der Waals surface area (Å²) in [7, 11) is 0. The number of imidazole rings is 1. The lowest BCUT2D eigenvalue weighted by Gasteiger charge is -2.17. The summed E-state index contributed by atoms with van der Waals surface area (Å²) >= 11 is 0. The summed E-state index contributed by atoms with van der Waals surface area (Å²) in [4.78, 5) is 29.9. The zero-order valence-corrected chi connectivity index (χ0v) is 16.4. The first-order chi connectivity index (χ1) is 14.1. The Labute approximate surface area is 169 Å². The molecule has 0 saturated heterocycles. The van der Waals surface area contributed by atoms with Gasteiger partial charge in [0.25, 0.3) is 11.8 Å². The summed E-state index contributed by atoms with van der Waals surface area (Å²) in [6.45, 7) is 3.42. The van der Waals surface area contributed by atoms with Crippen LogP contribution in [0.1, 0.15) is 56.5 Å². The number of hydrogen-bond donors (Lipinski definition) is 2. The molecule has 0 unspecified atom stereocenters. The van der Waals surface area contributed by atoms with Crippen LogP contribution in [-0.2, 0) is 26.1 Å². The summed E-state index contributed by atoms with van der Waals surface area (Å²) in [6.07, 6.45) is 4.25. The average molecular weight is 392 g/mol. The first-order valence-corrected chi connectivity index (χ1v) is 9.85. The predicted molar refractivity (Wildman–Crippen MR) is 107 cm³/mol. The highest BCUT2D eigenvalue weighted by atomic mass is 16.3. The van der Waals surface area contributed by atoms with Gasteiger partial charge in [0.05, 0.1) is 18.5 Å². The highest BCUT2D eigenvalue weighted by Crippen LogP contribution is 2.21. The molecule has 7 nitrogen and oxygen atoms in total. The van der Waals surface area contributed by atoms with Crippen LogP contribution in [0.5, 0.6) is 0 Å². The van der Waals surface area contributed by atoms with Gasteiger partial charge >= 0.3 is 0 Å². The zero-order chi connectivity index (χ0) is 20.2. The number of benzene rings is 1. The van der Waals surface area contributed by atoms with E-state index in [1.54, 1.807) is 18.4 Å². The quantitative estimate of drug-likeness (QED) is 0.675. The first-order valence-electron chi connectivity index (χ1n) is 9.85. The fourth-order valence-electron chi connectivity index (χ4n) is 3.53. The molecule has 3 heterocycles. The van der Waals surface area contributed by atoms with Gasteiger partial charge in [0.1, 0.15) is 11.5 Å². The van der Waals surface area contributed by atoms with E-state index in [-0.39, 0.29) is 18.4 Å². The number of amides is 2. The topological polar surface area (TPSA) is 89.2 Å². The van der Waals surface area contributed by atoms with Crippen molar-refractivity contribution in [3.05, 3.63) is 76.8 Å². The summed E-state index contributed by atoms with van der Waals surface area (Å²) in [5.41, 5.74) is 3.35. The summed E-state index contributed by atoms with van der Waals surface area (Å²) in [5, 5.41) is 5.75. The van der Waals surface area contributed by atoms with Crippen molar-refractivity contribution in [3.63, 3.8) is 0 Å². The molecule has 29 heavy (non-hydrogen) atoms. The predicted octanol–water partition coefficient (Wildman–Crippen LogP) is 2.98. The maximum Gasteiger partial charge on any atom is 0.287 e. The Balaban J connectivity index is 1.49. The lowest BCUT2D eigenvalue weighted by molar-refractivity contribution is 0.0935. The van der Waals surface area contributed by atoms with Crippen LogP contribution < -0.4 is 10.6 Å². The van der Waals surface area contributed by atoms with E-state index >= 15 is 0 Å². The number of aromatic nitrogens is 2. The Bertz CT molecular complexity index is 1000. The standard InChI is InChI=1S/C22H24N4O3/c1-15-7-9-16(10-8-15)13-23-22(28)20-25-19(18-6-2-3-11-26(18)20)21(27)24-14-17-5-4-12-29-17/h4-5,7-10,12H,2-3,6,11,13-14H2,1H3,(H,23,28)(H,24,27). The highest BCUT2D eigenvalue weighted by Gasteiger charge is 2.27. The number of nitrogens with one attached hydrogen (secondary N) is 2. The molecule has 1 aliphatic heterocycles. The average Bonchev–Trinajstić information content (AvgIpc) is 3.39. The van der Waals surface area contributed by atoms with Crippen molar-refractivity contribution in [2.45, 2.75) is 45.8 Å². The van der Waals surface area contributed by atoms with Crippen molar-refractivity contribution >= 4 is 11.8 Å². The lowest BCUT2D eigenvalue weighted by atomic mass is 10.1. The number of furan rings is 1. The molecule has 0 radical (unpaired) electrons. The van der Waals surface area contributed by atoms with E-state index in [0.717, 1.165) is 30.5 Å². The minimum Gasteiger partial charge on any atom is -0.467 e. The van der Waals surface area contributed by atoms with Gasteiger partial charge in [0.2, 0.25) is 0 Å². The maximum atomic E-state index is 12.8. The Morgan fingerprint density at radius 1 is 1.07 bits per heavy atom. The summed E-state index contributed by atoms with van der Waals surface area (Å²) < 4.78 is 7.14. The molecule has 0 aliphatic carbocycles. The normalized spacial score (nSPS) is 13.0. The van der Waals surface area contributed by atoms with E-state index in [1.165, 1.54) is 5.56 Å². The van der Waals surface area contributed by atoms with Crippen LogP contribution >= 0.6 is 0 Å². The third kappa shape index (κ3) is 4.23. The number of nitrogens with zero attached hydrogens (tertiary/aromatic N) is 2. The molecule has 0 fully saturated rings. The van der Waals surface area contributed by atoms with Gasteiger partial charge in [-0.15, -0.1) is 0 Å². The van der Waals surface area contributed by atoms with E-state index in [0.29, 0.717) is 30.4 Å². The Kier molecular flexibility index (Phi) is 5.46. The fraction of sp³-hybridized carbons (Fsp3) is 0.318. The molecule has 2 amide bonds. The fourth-order valence-corrected chi connectivity index (χ4v) is 3.53. The Hall–Kier alpha value is -3.35. The smallest absolute Gasteiger partial charge is 0.287 e. The molecule has 4 rings (SSSR count). The van der Waals surface area contributed by atoms with Crippen LogP contribution in [0.25, 0.3) is 0 Å². The molecule has 2 N–H and O–H groups in total. The molecule has 150 valence electrons. The van der Waals surface area contributed by atoms with Gasteiger partial charge in [-0.3, -0.25) is 9.59 Å². The van der Waals surface area contributed by atoms with E-state index in [1.807, 2.05) is 35.8 Å². The molecular weight excluding hydrogens is 368 g/mol. The third-order valence-electron chi connectivity index (χ3n) is 5.11. The maximum absolute atomic E-state index is 12.8. The third-order valence-corrected chi connectivity index (χ3v) is 5.11. The van der Waals surface area contributed by atoms with Crippen LogP contribution in [0.4, 0.5) is 0 Å². The van der Waals surface area contributed by atoms with E-state index in [2.05, 4.69) is 15.6 Å². The van der Waals surface area contributed by atoms with Gasteiger partial charge in [0, 0.05) is 13.1 Å². The van der Waals surface area contributed by atoms with Crippen LogP contribution in [0.3, 0.4) is 0 Å². The Morgan fingerprint density at radius 2 is 1.86 bits per heavy atom. The highest BCUT2D eigenvalue weighted by molar-refractivity contribution is 5.97. The van der Waals surface area contributed by atoms with Gasteiger partial charge < -0.3 is 19.6 Å². The number of carbonyl (C=O) groups excluding carboxylic acids is 2. The van der Waals surface area contributed by atoms with Crippen LogP contribution in [0.15, 0.2) is 47.1 Å². The van der Waals surface area contributed by atoms with E-state index < -0.39 is 0 Å². The number of hydrogen-bond acceptors (Lipinski definition) is 4. The van der Waals surface area contributed by atoms with Crippen molar-refractivity contribution in [2.75, 3.05) is 0 Å². The number of fused-ring (bicyclic) bond motifs is 1. The molecule has 0 spiro atoms. The molecule has 7 heteroatoms. The molecule has 0 saturated carbocycles. The molecule has 1 aromatic carbocycles. The number of carbonyl (C=O) groups is 2. The number of aryl methyl sites for hydroxylation is 1. The van der Waals surface area contributed by atoms with Crippen LogP contribution in [0.2, 0.25) is 0 Å². The van der Waals surface area contributed by atoms with Gasteiger partial charge in [-0.05, 0) is 43.9 Å². The van der Waals surface area contributed by atoms with E-state index in [9.17, 15) is 9.59 Å². The van der Waals surface area contributed by atoms with Crippen molar-refractivity contribution in [1.82, 2.24) is 20.2 Å². The van der Waals surface area contributed by atoms with Gasteiger partial charge in [-0.1, -0.05) is 29.8 Å². The van der Waals surface area contributed by atoms with Crippen LogP contribution in [0, 0.1) is 6.92 Å². The second-order valence-electron chi connectivity index (χ2n) is 7.27. The first kappa shape index (κ1) is 19.0. The molecule has 0 atom stereocenters. The molecule has 3 aromatic rings. The monoisotopic (exact) mass is 392 g/mol. The van der Waals surface area contributed by atoms with E-state index in [4.69, 9.17) is 4.42 Å². The van der Waals surface area contributed by atoms with Crippen molar-refractivity contribution in [3.8, 4) is 0 Å². The van der Waals surface area contributed by atoms with Crippen molar-refractivity contribution < 1.29 is 14.0 Å². The summed E-state index contributed by atoms with van der Waals surface area (Å²) in [6, 6.07) is 11.6. The summed E-state index contributed by atoms with van der Waals surface area (Å²) in [5.74, 6) is 0.417.